The number of halogens is 1. The highest BCUT2D eigenvalue weighted by molar-refractivity contribution is 6.05. The standard InChI is InChI=1S/C22H26FN5O3/c1-14(29)26-10-7-15(8-11-26)22(31)27-9-3-6-19(27)20(30)18-13-25-28(21(18)24)17-5-2-4-16(23)12-17/h2,4-5,12-13,15,19H,3,6-11,24H2,1H3. The Hall–Kier alpha value is -3.23. The first-order chi connectivity index (χ1) is 14.9. The highest BCUT2D eigenvalue weighted by Gasteiger charge is 2.39. The Morgan fingerprint density at radius 2 is 1.87 bits per heavy atom. The number of hydrogen-bond acceptors (Lipinski definition) is 5. The van der Waals surface area contributed by atoms with Crippen LogP contribution < -0.4 is 5.73 Å². The van der Waals surface area contributed by atoms with E-state index in [1.807, 2.05) is 0 Å². The van der Waals surface area contributed by atoms with Gasteiger partial charge in [-0.15, -0.1) is 0 Å². The number of benzene rings is 1. The molecule has 2 aliphatic heterocycles. The summed E-state index contributed by atoms with van der Waals surface area (Å²) in [7, 11) is 0. The van der Waals surface area contributed by atoms with Gasteiger partial charge in [-0.1, -0.05) is 6.07 Å². The van der Waals surface area contributed by atoms with Gasteiger partial charge in [-0.25, -0.2) is 9.07 Å². The molecule has 1 atom stereocenters. The molecule has 4 rings (SSSR count). The number of nitrogens with zero attached hydrogens (tertiary/aromatic N) is 4. The summed E-state index contributed by atoms with van der Waals surface area (Å²) >= 11 is 0. The van der Waals surface area contributed by atoms with E-state index >= 15 is 0 Å². The SMILES string of the molecule is CC(=O)N1CCC(C(=O)N2CCCC2C(=O)c2cnn(-c3cccc(F)c3)c2N)CC1. The summed E-state index contributed by atoms with van der Waals surface area (Å²) in [5, 5.41) is 4.17. The maximum atomic E-state index is 13.6. The van der Waals surface area contributed by atoms with Gasteiger partial charge in [0.05, 0.1) is 23.5 Å². The van der Waals surface area contributed by atoms with Crippen molar-refractivity contribution in [3.8, 4) is 5.69 Å². The number of ketones is 1. The molecule has 1 unspecified atom stereocenters. The number of aromatic nitrogens is 2. The number of nitrogens with two attached hydrogens (primary N) is 1. The van der Waals surface area contributed by atoms with Gasteiger partial charge in [-0.2, -0.15) is 5.10 Å². The van der Waals surface area contributed by atoms with Gasteiger partial charge >= 0.3 is 0 Å². The molecule has 2 amide bonds. The molecule has 2 saturated heterocycles. The summed E-state index contributed by atoms with van der Waals surface area (Å²) < 4.78 is 14.9. The summed E-state index contributed by atoms with van der Waals surface area (Å²) in [5.41, 5.74) is 6.84. The first-order valence-corrected chi connectivity index (χ1v) is 10.6. The largest absolute Gasteiger partial charge is 0.383 e. The van der Waals surface area contributed by atoms with Gasteiger partial charge in [0.1, 0.15) is 11.6 Å². The van der Waals surface area contributed by atoms with E-state index < -0.39 is 11.9 Å². The highest BCUT2D eigenvalue weighted by atomic mass is 19.1. The van der Waals surface area contributed by atoms with E-state index in [9.17, 15) is 18.8 Å². The van der Waals surface area contributed by atoms with Crippen molar-refractivity contribution in [3.05, 3.63) is 41.8 Å². The van der Waals surface area contributed by atoms with Crippen LogP contribution in [0.15, 0.2) is 30.5 Å². The second-order valence-corrected chi connectivity index (χ2v) is 8.17. The van der Waals surface area contributed by atoms with Crippen LogP contribution in [0.4, 0.5) is 10.2 Å². The number of hydrogen-bond donors (Lipinski definition) is 1. The van der Waals surface area contributed by atoms with E-state index in [0.29, 0.717) is 44.6 Å². The van der Waals surface area contributed by atoms with Crippen molar-refractivity contribution in [2.75, 3.05) is 25.4 Å². The van der Waals surface area contributed by atoms with Gasteiger partial charge in [-0.05, 0) is 43.9 Å². The lowest BCUT2D eigenvalue weighted by Crippen LogP contribution is -2.47. The molecule has 0 aliphatic carbocycles. The van der Waals surface area contributed by atoms with Crippen molar-refractivity contribution >= 4 is 23.4 Å². The summed E-state index contributed by atoms with van der Waals surface area (Å²) in [4.78, 5) is 41.4. The van der Waals surface area contributed by atoms with Crippen LogP contribution in [0.25, 0.3) is 5.69 Å². The normalized spacial score (nSPS) is 19.6. The van der Waals surface area contributed by atoms with Crippen LogP contribution in [0.1, 0.15) is 43.0 Å². The maximum Gasteiger partial charge on any atom is 0.226 e. The zero-order valence-electron chi connectivity index (χ0n) is 17.5. The molecule has 0 spiro atoms. The lowest BCUT2D eigenvalue weighted by molar-refractivity contribution is -0.140. The van der Waals surface area contributed by atoms with E-state index in [-0.39, 0.29) is 34.9 Å². The van der Waals surface area contributed by atoms with Gasteiger partial charge in [-0.3, -0.25) is 14.4 Å². The third kappa shape index (κ3) is 4.04. The third-order valence-corrected chi connectivity index (χ3v) is 6.25. The predicted molar refractivity (Wildman–Crippen MR) is 112 cm³/mol. The molecule has 0 saturated carbocycles. The van der Waals surface area contributed by atoms with Crippen LogP contribution in [0.3, 0.4) is 0 Å². The highest BCUT2D eigenvalue weighted by Crippen LogP contribution is 2.29. The summed E-state index contributed by atoms with van der Waals surface area (Å²) in [5.74, 6) is -0.738. The second-order valence-electron chi connectivity index (χ2n) is 8.17. The first-order valence-electron chi connectivity index (χ1n) is 10.6. The summed E-state index contributed by atoms with van der Waals surface area (Å²) in [6, 6.07) is 5.22. The number of carbonyl (C=O) groups excluding carboxylic acids is 3. The van der Waals surface area contributed by atoms with E-state index in [1.54, 1.807) is 21.9 Å². The van der Waals surface area contributed by atoms with Gasteiger partial charge < -0.3 is 15.5 Å². The average Bonchev–Trinajstić information content (AvgIpc) is 3.40. The minimum absolute atomic E-state index is 0.0194. The molecule has 31 heavy (non-hydrogen) atoms. The van der Waals surface area contributed by atoms with Crippen molar-refractivity contribution in [1.82, 2.24) is 19.6 Å². The quantitative estimate of drug-likeness (QED) is 0.753. The number of rotatable bonds is 4. The maximum absolute atomic E-state index is 13.6. The van der Waals surface area contributed by atoms with Crippen molar-refractivity contribution < 1.29 is 18.8 Å². The van der Waals surface area contributed by atoms with E-state index in [1.165, 1.54) is 29.9 Å². The fraction of sp³-hybridized carbons (Fsp3) is 0.455. The van der Waals surface area contributed by atoms with Crippen LogP contribution in [-0.4, -0.2) is 62.9 Å². The molecule has 3 heterocycles. The Morgan fingerprint density at radius 3 is 2.55 bits per heavy atom. The Labute approximate surface area is 179 Å². The van der Waals surface area contributed by atoms with E-state index in [2.05, 4.69) is 5.10 Å². The van der Waals surface area contributed by atoms with Crippen LogP contribution in [0.2, 0.25) is 0 Å². The monoisotopic (exact) mass is 427 g/mol. The molecular weight excluding hydrogens is 401 g/mol. The molecule has 164 valence electrons. The Bertz CT molecular complexity index is 1010. The fourth-order valence-corrected chi connectivity index (χ4v) is 4.52. The molecule has 2 aromatic rings. The van der Waals surface area contributed by atoms with Crippen LogP contribution >= 0.6 is 0 Å². The van der Waals surface area contributed by atoms with Crippen LogP contribution in [0.5, 0.6) is 0 Å². The van der Waals surface area contributed by atoms with Crippen molar-refractivity contribution in [1.29, 1.82) is 0 Å². The first kappa shape index (κ1) is 21.0. The zero-order chi connectivity index (χ0) is 22.1. The number of piperidine rings is 1. The summed E-state index contributed by atoms with van der Waals surface area (Å²) in [6.45, 7) is 3.18. The van der Waals surface area contributed by atoms with Gasteiger partial charge in [0.25, 0.3) is 0 Å². The molecule has 0 radical (unpaired) electrons. The molecule has 1 aromatic heterocycles. The average molecular weight is 427 g/mol. The van der Waals surface area contributed by atoms with Crippen LogP contribution in [-0.2, 0) is 9.59 Å². The molecule has 0 bridgehead atoms. The van der Waals surface area contributed by atoms with Crippen LogP contribution in [0, 0.1) is 11.7 Å². The van der Waals surface area contributed by atoms with Crippen molar-refractivity contribution in [2.24, 2.45) is 5.92 Å². The topological polar surface area (TPSA) is 102 Å². The number of nitrogen functional groups attached to an aromatic ring is 1. The zero-order valence-corrected chi connectivity index (χ0v) is 17.5. The lowest BCUT2D eigenvalue weighted by Gasteiger charge is -2.34. The lowest BCUT2D eigenvalue weighted by atomic mass is 9.94. The molecule has 8 nitrogen and oxygen atoms in total. The Morgan fingerprint density at radius 1 is 1.13 bits per heavy atom. The minimum Gasteiger partial charge on any atom is -0.383 e. The number of carbonyl (C=O) groups is 3. The number of anilines is 1. The minimum atomic E-state index is -0.578. The second kappa shape index (κ2) is 8.49. The molecular formula is C22H26FN5O3. The smallest absolute Gasteiger partial charge is 0.226 e. The number of amides is 2. The molecule has 2 fully saturated rings. The van der Waals surface area contributed by atoms with Crippen molar-refractivity contribution in [3.63, 3.8) is 0 Å². The summed E-state index contributed by atoms with van der Waals surface area (Å²) in [6.07, 6.45) is 3.91. The molecule has 1 aromatic carbocycles. The Kier molecular flexibility index (Phi) is 5.75. The predicted octanol–water partition coefficient (Wildman–Crippen LogP) is 2.03. The Balaban J connectivity index is 1.50. The fourth-order valence-electron chi connectivity index (χ4n) is 4.52. The van der Waals surface area contributed by atoms with Gasteiger partial charge in [0.2, 0.25) is 11.8 Å². The molecule has 2 N–H and O–H groups in total. The number of Topliss-reactive ketones (excluding diaryl/α,β-unsaturated/α-hetero) is 1. The molecule has 2 aliphatic rings. The van der Waals surface area contributed by atoms with E-state index in [4.69, 9.17) is 5.73 Å². The van der Waals surface area contributed by atoms with Crippen molar-refractivity contribution in [2.45, 2.75) is 38.6 Å². The van der Waals surface area contributed by atoms with E-state index in [0.717, 1.165) is 6.42 Å². The third-order valence-electron chi connectivity index (χ3n) is 6.25. The number of likely N-dealkylation sites (tertiary alicyclic amines) is 2. The molecule has 9 heteroatoms. The van der Waals surface area contributed by atoms with Gasteiger partial charge in [0, 0.05) is 32.5 Å². The van der Waals surface area contributed by atoms with Gasteiger partial charge in [0.15, 0.2) is 5.78 Å².